The van der Waals surface area contributed by atoms with Crippen LogP contribution in [0.1, 0.15) is 82.1 Å². The number of aliphatic hydroxyl groups excluding tert-OH is 3. The zero-order chi connectivity index (χ0) is 38.6. The molecule has 1 fully saturated rings. The van der Waals surface area contributed by atoms with E-state index in [9.17, 15) is 39.3 Å². The maximum atomic E-state index is 13.6. The van der Waals surface area contributed by atoms with Crippen LogP contribution in [-0.4, -0.2) is 112 Å². The van der Waals surface area contributed by atoms with Crippen molar-refractivity contribution in [2.45, 2.75) is 117 Å². The molecule has 0 aromatic carbocycles. The van der Waals surface area contributed by atoms with Gasteiger partial charge in [0.15, 0.2) is 16.9 Å². The third kappa shape index (κ3) is 10.1. The lowest BCUT2D eigenvalue weighted by Crippen LogP contribution is -2.51. The minimum atomic E-state index is -1.95. The molecule has 2 aromatic heterocycles. The van der Waals surface area contributed by atoms with Crippen LogP contribution < -0.4 is 16.2 Å². The highest BCUT2D eigenvalue weighted by Gasteiger charge is 2.55. The summed E-state index contributed by atoms with van der Waals surface area (Å²) in [5.41, 5.74) is -4.98. The zero-order valence-electron chi connectivity index (χ0n) is 30.6. The number of aliphatic imine (C=N–C) groups is 1. The molecule has 1 aliphatic rings. The number of amides is 4. The molecule has 19 heteroatoms. The molecule has 0 radical (unpaired) electrons. The van der Waals surface area contributed by atoms with Gasteiger partial charge in [0.1, 0.15) is 29.5 Å². The normalized spacial score (nSPS) is 21.2. The van der Waals surface area contributed by atoms with Crippen molar-refractivity contribution in [1.82, 2.24) is 29.7 Å². The Morgan fingerprint density at radius 2 is 1.67 bits per heavy atom. The summed E-state index contributed by atoms with van der Waals surface area (Å²) < 4.78 is 18.2. The first-order valence-electron chi connectivity index (χ1n) is 16.6. The number of carbonyl (C=O) groups is 4. The van der Waals surface area contributed by atoms with E-state index in [1.165, 1.54) is 4.57 Å². The molecule has 284 valence electrons. The maximum Gasteiger partial charge on any atom is 0.437 e. The second-order valence-electron chi connectivity index (χ2n) is 14.8. The van der Waals surface area contributed by atoms with E-state index in [1.54, 1.807) is 69.2 Å². The van der Waals surface area contributed by atoms with E-state index in [-0.39, 0.29) is 36.5 Å². The molecule has 4 amide bonds. The van der Waals surface area contributed by atoms with E-state index in [0.717, 1.165) is 11.2 Å². The highest BCUT2D eigenvalue weighted by molar-refractivity contribution is 6.06. The first-order valence-corrected chi connectivity index (χ1v) is 16.6. The summed E-state index contributed by atoms with van der Waals surface area (Å²) in [4.78, 5) is 80.4. The number of carbonyl (C=O) groups excluding carboxylic acids is 4. The summed E-state index contributed by atoms with van der Waals surface area (Å²) in [5.74, 6) is -2.76. The van der Waals surface area contributed by atoms with Gasteiger partial charge in [-0.05, 0) is 48.0 Å². The molecule has 0 aliphatic carbocycles. The van der Waals surface area contributed by atoms with Crippen LogP contribution in [0.15, 0.2) is 16.1 Å². The molecule has 0 bridgehead atoms. The number of H-pyrrole nitrogens is 1. The first kappa shape index (κ1) is 41.0. The Morgan fingerprint density at radius 3 is 2.20 bits per heavy atom. The smallest absolute Gasteiger partial charge is 0.437 e. The van der Waals surface area contributed by atoms with Crippen molar-refractivity contribution in [3.8, 4) is 0 Å². The fourth-order valence-electron chi connectivity index (χ4n) is 4.92. The van der Waals surface area contributed by atoms with Crippen molar-refractivity contribution in [3.05, 3.63) is 16.7 Å². The average Bonchev–Trinajstić information content (AvgIpc) is 3.52. The monoisotopic (exact) mass is 722 g/mol. The van der Waals surface area contributed by atoms with E-state index >= 15 is 0 Å². The van der Waals surface area contributed by atoms with Gasteiger partial charge in [-0.15, -0.1) is 4.99 Å². The molecule has 6 N–H and O–H groups in total. The number of hydrogen-bond acceptors (Lipinski definition) is 13. The lowest BCUT2D eigenvalue weighted by atomic mass is 9.97. The predicted molar refractivity (Wildman–Crippen MR) is 182 cm³/mol. The molecule has 0 unspecified atom stereocenters. The van der Waals surface area contributed by atoms with Crippen LogP contribution in [0.3, 0.4) is 0 Å². The third-order valence-electron chi connectivity index (χ3n) is 7.42. The summed E-state index contributed by atoms with van der Waals surface area (Å²) >= 11 is 0. The topological polar surface area (TPSA) is 260 Å². The Balaban J connectivity index is 2.12. The summed E-state index contributed by atoms with van der Waals surface area (Å²) in [7, 11) is 0. The van der Waals surface area contributed by atoms with Crippen LogP contribution in [0.2, 0.25) is 0 Å². The summed E-state index contributed by atoms with van der Waals surface area (Å²) in [6.07, 6.45) is -5.94. The molecule has 0 saturated carbocycles. The van der Waals surface area contributed by atoms with Crippen molar-refractivity contribution < 1.29 is 48.7 Å². The highest BCUT2D eigenvalue weighted by atomic mass is 16.6. The van der Waals surface area contributed by atoms with E-state index in [0.29, 0.717) is 0 Å². The van der Waals surface area contributed by atoms with Gasteiger partial charge in [0.2, 0.25) is 23.7 Å². The number of nitrogens with zero attached hydrogens (tertiary/aromatic N) is 5. The van der Waals surface area contributed by atoms with Crippen molar-refractivity contribution in [1.29, 1.82) is 0 Å². The largest absolute Gasteiger partial charge is 0.443 e. The molecular weight excluding hydrogens is 672 g/mol. The molecule has 1 aliphatic heterocycles. The number of ether oxygens (including phenoxy) is 3. The SMILES string of the molecule is CC(C)C(=O)NC(=NC(=O)OC(C)(C)C)N(CCC[C@@]1(n2cnc3c(=O)[nH]c(NC(=O)C(C)C)nc32)O[C@H](CO)[C@@H](O)[C@H]1O)C(=O)OC(C)(C)C. The summed E-state index contributed by atoms with van der Waals surface area (Å²) in [6.45, 7) is 15.1. The van der Waals surface area contributed by atoms with Crippen molar-refractivity contribution in [2.75, 3.05) is 18.5 Å². The van der Waals surface area contributed by atoms with Gasteiger partial charge in [0.25, 0.3) is 5.56 Å². The fraction of sp³-hybridized carbons (Fsp3) is 0.688. The number of nitrogens with one attached hydrogen (secondary N) is 3. The van der Waals surface area contributed by atoms with Gasteiger partial charge < -0.3 is 29.5 Å². The second-order valence-corrected chi connectivity index (χ2v) is 14.8. The Hall–Kier alpha value is -4.46. The lowest BCUT2D eigenvalue weighted by Gasteiger charge is -2.35. The van der Waals surface area contributed by atoms with E-state index < -0.39 is 89.2 Å². The highest BCUT2D eigenvalue weighted by Crippen LogP contribution is 2.41. The van der Waals surface area contributed by atoms with Crippen LogP contribution in [0.5, 0.6) is 0 Å². The van der Waals surface area contributed by atoms with Gasteiger partial charge in [-0.1, -0.05) is 27.7 Å². The Morgan fingerprint density at radius 1 is 1.06 bits per heavy atom. The molecule has 4 atom stereocenters. The van der Waals surface area contributed by atoms with Gasteiger partial charge >= 0.3 is 12.2 Å². The number of anilines is 1. The molecule has 0 spiro atoms. The minimum Gasteiger partial charge on any atom is -0.443 e. The predicted octanol–water partition coefficient (Wildman–Crippen LogP) is 1.56. The van der Waals surface area contributed by atoms with Gasteiger partial charge in [0, 0.05) is 24.8 Å². The van der Waals surface area contributed by atoms with Crippen LogP contribution in [0.4, 0.5) is 15.5 Å². The van der Waals surface area contributed by atoms with E-state index in [1.807, 2.05) is 0 Å². The number of aromatic nitrogens is 4. The van der Waals surface area contributed by atoms with E-state index in [2.05, 4.69) is 30.6 Å². The number of rotatable bonds is 9. The summed E-state index contributed by atoms with van der Waals surface area (Å²) in [5, 5.41) is 37.4. The second kappa shape index (κ2) is 15.8. The molecule has 3 heterocycles. The van der Waals surface area contributed by atoms with Crippen LogP contribution in [0, 0.1) is 11.8 Å². The van der Waals surface area contributed by atoms with Crippen LogP contribution in [-0.2, 0) is 29.5 Å². The third-order valence-corrected chi connectivity index (χ3v) is 7.42. The molecule has 3 rings (SSSR count). The average molecular weight is 723 g/mol. The summed E-state index contributed by atoms with van der Waals surface area (Å²) in [6, 6.07) is 0. The molecule has 51 heavy (non-hydrogen) atoms. The maximum absolute atomic E-state index is 13.6. The van der Waals surface area contributed by atoms with Crippen LogP contribution >= 0.6 is 0 Å². The molecular formula is C32H50N8O11. The fourth-order valence-corrected chi connectivity index (χ4v) is 4.92. The standard InChI is InChI=1S/C32H50N8O11/c1-16(2)23(44)35-26-34-22-19(25(46)36-26)33-15-40(22)32(21(43)20(42)18(14-41)49-32)12-11-13-39(29(48)51-31(8,9)10)27(37-24(45)17(3)4)38-28(47)50-30(5,6)7/h15-18,20-21,41-43H,11-14H2,1-10H3,(H,37,38,45,47)(H2,34,35,36,44,46)/t18-,20-,21-,32-/m1/s1. The van der Waals surface area contributed by atoms with Crippen LogP contribution in [0.25, 0.3) is 11.2 Å². The number of imidazole rings is 1. The van der Waals surface area contributed by atoms with Gasteiger partial charge in [0.05, 0.1) is 12.9 Å². The van der Waals surface area contributed by atoms with Gasteiger partial charge in [-0.2, -0.15) is 4.98 Å². The van der Waals surface area contributed by atoms with Gasteiger partial charge in [-0.25, -0.2) is 19.5 Å². The zero-order valence-corrected chi connectivity index (χ0v) is 30.6. The Kier molecular flexibility index (Phi) is 12.7. The quantitative estimate of drug-likeness (QED) is 0.159. The van der Waals surface area contributed by atoms with Crippen molar-refractivity contribution in [3.63, 3.8) is 0 Å². The lowest BCUT2D eigenvalue weighted by molar-refractivity contribution is -0.151. The minimum absolute atomic E-state index is 0.105. The molecule has 1 saturated heterocycles. The number of fused-ring (bicyclic) bond motifs is 1. The number of hydrogen-bond donors (Lipinski definition) is 6. The van der Waals surface area contributed by atoms with E-state index in [4.69, 9.17) is 14.2 Å². The molecule has 19 nitrogen and oxygen atoms in total. The Bertz CT molecular complexity index is 1690. The number of aliphatic hydroxyl groups is 3. The molecule has 2 aromatic rings. The van der Waals surface area contributed by atoms with Crippen molar-refractivity contribution >= 4 is 47.1 Å². The Labute approximate surface area is 294 Å². The first-order chi connectivity index (χ1) is 23.5. The number of aromatic amines is 1. The van der Waals surface area contributed by atoms with Gasteiger partial charge in [-0.3, -0.25) is 34.6 Å². The van der Waals surface area contributed by atoms with Crippen molar-refractivity contribution in [2.24, 2.45) is 16.8 Å². The number of guanidine groups is 1.